The van der Waals surface area contributed by atoms with Crippen LogP contribution in [0.5, 0.6) is 0 Å². The molecule has 0 aliphatic carbocycles. The van der Waals surface area contributed by atoms with E-state index in [1.807, 2.05) is 55.4 Å². The molecule has 0 saturated carbocycles. The first-order valence-corrected chi connectivity index (χ1v) is 8.24. The molecule has 0 N–H and O–H groups in total. The summed E-state index contributed by atoms with van der Waals surface area (Å²) in [6.07, 6.45) is 6.65. The molecular formula is C22H19NO3. The quantitative estimate of drug-likeness (QED) is 0.299. The molecule has 0 amide bonds. The molecular weight excluding hydrogens is 326 g/mol. The average Bonchev–Trinajstić information content (AvgIpc) is 2.64. The van der Waals surface area contributed by atoms with Gasteiger partial charge in [-0.1, -0.05) is 48.6 Å². The van der Waals surface area contributed by atoms with Crippen molar-refractivity contribution in [3.63, 3.8) is 0 Å². The molecule has 0 spiro atoms. The summed E-state index contributed by atoms with van der Waals surface area (Å²) in [6, 6.07) is 16.7. The number of fused-ring (bicyclic) bond motifs is 1. The normalized spacial score (nSPS) is 11.5. The number of anilines is 1. The van der Waals surface area contributed by atoms with Crippen molar-refractivity contribution in [1.82, 2.24) is 0 Å². The van der Waals surface area contributed by atoms with Crippen LogP contribution in [0.15, 0.2) is 82.0 Å². The summed E-state index contributed by atoms with van der Waals surface area (Å²) in [5, 5.41) is 0.723. The molecule has 3 rings (SSSR count). The molecule has 0 fully saturated rings. The lowest BCUT2D eigenvalue weighted by Gasteiger charge is -2.11. The van der Waals surface area contributed by atoms with Crippen molar-refractivity contribution in [2.24, 2.45) is 0 Å². The Morgan fingerprint density at radius 2 is 1.73 bits per heavy atom. The summed E-state index contributed by atoms with van der Waals surface area (Å²) >= 11 is 0. The molecule has 0 saturated heterocycles. The minimum absolute atomic E-state index is 0.0312. The third-order valence-electron chi connectivity index (χ3n) is 3.96. The van der Waals surface area contributed by atoms with E-state index in [0.717, 1.165) is 16.6 Å². The maximum Gasteiger partial charge on any atom is 0.347 e. The molecule has 1 heterocycles. The highest BCUT2D eigenvalue weighted by atomic mass is 16.4. The highest BCUT2D eigenvalue weighted by Gasteiger charge is 2.10. The lowest BCUT2D eigenvalue weighted by atomic mass is 10.1. The fourth-order valence-electron chi connectivity index (χ4n) is 2.52. The first kappa shape index (κ1) is 17.4. The zero-order chi connectivity index (χ0) is 18.5. The zero-order valence-electron chi connectivity index (χ0n) is 14.7. The first-order valence-electron chi connectivity index (χ1n) is 8.24. The first-order chi connectivity index (χ1) is 12.5. The molecule has 0 bridgehead atoms. The molecule has 2 aromatic carbocycles. The maximum atomic E-state index is 12.3. The summed E-state index contributed by atoms with van der Waals surface area (Å²) in [4.78, 5) is 26.3. The van der Waals surface area contributed by atoms with Gasteiger partial charge in [0.15, 0.2) is 5.78 Å². The molecule has 0 aliphatic heterocycles. The van der Waals surface area contributed by atoms with E-state index >= 15 is 0 Å². The number of carbonyl (C=O) groups is 1. The molecule has 26 heavy (non-hydrogen) atoms. The van der Waals surface area contributed by atoms with Crippen LogP contribution in [-0.4, -0.2) is 19.9 Å². The van der Waals surface area contributed by atoms with Crippen LogP contribution in [0.4, 0.5) is 5.69 Å². The van der Waals surface area contributed by atoms with Crippen LogP contribution < -0.4 is 10.5 Å². The third-order valence-corrected chi connectivity index (χ3v) is 3.96. The molecule has 0 radical (unpaired) electrons. The monoisotopic (exact) mass is 345 g/mol. The lowest BCUT2D eigenvalue weighted by Crippen LogP contribution is -2.11. The fourth-order valence-corrected chi connectivity index (χ4v) is 2.52. The molecule has 0 unspecified atom stereocenters. The average molecular weight is 345 g/mol. The van der Waals surface area contributed by atoms with Crippen molar-refractivity contribution < 1.29 is 9.21 Å². The predicted molar refractivity (Wildman–Crippen MR) is 106 cm³/mol. The molecule has 4 heteroatoms. The van der Waals surface area contributed by atoms with Crippen molar-refractivity contribution in [3.8, 4) is 0 Å². The van der Waals surface area contributed by atoms with Gasteiger partial charge in [0.1, 0.15) is 11.1 Å². The second-order valence-corrected chi connectivity index (χ2v) is 6.05. The van der Waals surface area contributed by atoms with E-state index in [9.17, 15) is 9.59 Å². The Labute approximate surface area is 151 Å². The van der Waals surface area contributed by atoms with Crippen LogP contribution in [0, 0.1) is 0 Å². The molecule has 0 atom stereocenters. The molecule has 1 aromatic heterocycles. The number of hydrogen-bond acceptors (Lipinski definition) is 4. The van der Waals surface area contributed by atoms with Crippen molar-refractivity contribution in [2.45, 2.75) is 0 Å². The van der Waals surface area contributed by atoms with E-state index in [1.165, 1.54) is 6.08 Å². The summed E-state index contributed by atoms with van der Waals surface area (Å²) < 4.78 is 5.19. The Morgan fingerprint density at radius 1 is 1.00 bits per heavy atom. The Balaban J connectivity index is 1.73. The molecule has 0 aliphatic rings. The van der Waals surface area contributed by atoms with Gasteiger partial charge in [0, 0.05) is 25.2 Å². The summed E-state index contributed by atoms with van der Waals surface area (Å²) in [5.41, 5.74) is 2.03. The van der Waals surface area contributed by atoms with Gasteiger partial charge in [0.05, 0.1) is 0 Å². The van der Waals surface area contributed by atoms with Crippen LogP contribution in [0.2, 0.25) is 0 Å². The summed E-state index contributed by atoms with van der Waals surface area (Å²) in [7, 11) is 3.98. The summed E-state index contributed by atoms with van der Waals surface area (Å²) in [6.45, 7) is 0. The number of hydrogen-bond donors (Lipinski definition) is 0. The van der Waals surface area contributed by atoms with Gasteiger partial charge in [-0.15, -0.1) is 0 Å². The number of carbonyl (C=O) groups excluding carboxylic acids is 1. The second-order valence-electron chi connectivity index (χ2n) is 6.05. The fraction of sp³-hybridized carbons (Fsp3) is 0.0909. The van der Waals surface area contributed by atoms with Gasteiger partial charge in [0.2, 0.25) is 0 Å². The Kier molecular flexibility index (Phi) is 5.13. The Hall–Kier alpha value is -3.40. The number of benzene rings is 2. The zero-order valence-corrected chi connectivity index (χ0v) is 14.7. The number of nitrogens with zero attached hydrogens (tertiary/aromatic N) is 1. The van der Waals surface area contributed by atoms with Crippen LogP contribution in [0.25, 0.3) is 17.0 Å². The van der Waals surface area contributed by atoms with Crippen molar-refractivity contribution in [1.29, 1.82) is 0 Å². The van der Waals surface area contributed by atoms with E-state index in [0.29, 0.717) is 5.58 Å². The van der Waals surface area contributed by atoms with Gasteiger partial charge in [0.25, 0.3) is 0 Å². The van der Waals surface area contributed by atoms with Crippen LogP contribution >= 0.6 is 0 Å². The van der Waals surface area contributed by atoms with Gasteiger partial charge in [-0.3, -0.25) is 4.79 Å². The molecule has 3 aromatic rings. The SMILES string of the molecule is CN(C)c1ccc(C=CC=CC(=O)c2cc3ccccc3oc2=O)cc1. The standard InChI is InChI=1S/C22H19NO3/c1-23(2)18-13-11-16(12-14-18)7-3-5-9-20(24)19-15-17-8-4-6-10-21(17)26-22(19)25/h3-15H,1-2H3. The van der Waals surface area contributed by atoms with Gasteiger partial charge in [-0.2, -0.15) is 0 Å². The van der Waals surface area contributed by atoms with E-state index in [2.05, 4.69) is 0 Å². The number of ketones is 1. The topological polar surface area (TPSA) is 50.5 Å². The highest BCUT2D eigenvalue weighted by Crippen LogP contribution is 2.14. The van der Waals surface area contributed by atoms with Crippen LogP contribution in [-0.2, 0) is 0 Å². The second kappa shape index (κ2) is 7.66. The maximum absolute atomic E-state index is 12.3. The minimum atomic E-state index is -0.624. The van der Waals surface area contributed by atoms with Crippen molar-refractivity contribution in [2.75, 3.05) is 19.0 Å². The Morgan fingerprint density at radius 3 is 2.46 bits per heavy atom. The minimum Gasteiger partial charge on any atom is -0.422 e. The Bertz CT molecular complexity index is 1040. The number of allylic oxidation sites excluding steroid dienone is 3. The van der Waals surface area contributed by atoms with Crippen molar-refractivity contribution >= 4 is 28.5 Å². The van der Waals surface area contributed by atoms with E-state index in [4.69, 9.17) is 4.42 Å². The third kappa shape index (κ3) is 3.98. The van der Waals surface area contributed by atoms with E-state index in [-0.39, 0.29) is 11.3 Å². The number of para-hydroxylation sites is 1. The smallest absolute Gasteiger partial charge is 0.347 e. The molecule has 130 valence electrons. The van der Waals surface area contributed by atoms with Crippen molar-refractivity contribution in [3.05, 3.63) is 94.4 Å². The molecule has 4 nitrogen and oxygen atoms in total. The van der Waals surface area contributed by atoms with Gasteiger partial charge in [-0.05, 0) is 35.9 Å². The highest BCUT2D eigenvalue weighted by molar-refractivity contribution is 6.05. The largest absolute Gasteiger partial charge is 0.422 e. The van der Waals surface area contributed by atoms with Gasteiger partial charge >= 0.3 is 5.63 Å². The summed E-state index contributed by atoms with van der Waals surface area (Å²) in [5.74, 6) is -0.378. The predicted octanol–water partition coefficient (Wildman–Crippen LogP) is 4.31. The lowest BCUT2D eigenvalue weighted by molar-refractivity contribution is 0.104. The number of rotatable bonds is 5. The van der Waals surface area contributed by atoms with E-state index in [1.54, 1.807) is 36.4 Å². The van der Waals surface area contributed by atoms with Crippen LogP contribution in [0.1, 0.15) is 15.9 Å². The van der Waals surface area contributed by atoms with Gasteiger partial charge < -0.3 is 9.32 Å². The van der Waals surface area contributed by atoms with E-state index < -0.39 is 5.63 Å². The van der Waals surface area contributed by atoms with Crippen LogP contribution in [0.3, 0.4) is 0 Å². The van der Waals surface area contributed by atoms with Gasteiger partial charge in [-0.25, -0.2) is 4.79 Å².